The number of nitrogens with one attached hydrogen (secondary N) is 1. The average molecular weight is 185 g/mol. The van der Waals surface area contributed by atoms with Crippen molar-refractivity contribution in [2.45, 2.75) is 19.3 Å². The van der Waals surface area contributed by atoms with Crippen molar-refractivity contribution in [3.8, 4) is 0 Å². The SMILES string of the molecule is N=C(N)CCN1CCC(CO)CC1. The van der Waals surface area contributed by atoms with Crippen molar-refractivity contribution >= 4 is 5.84 Å². The number of nitrogens with two attached hydrogens (primary N) is 1. The van der Waals surface area contributed by atoms with E-state index in [-0.39, 0.29) is 5.84 Å². The second-order valence-electron chi connectivity index (χ2n) is 3.74. The minimum absolute atomic E-state index is 0.268. The zero-order valence-electron chi connectivity index (χ0n) is 8.00. The molecule has 0 radical (unpaired) electrons. The highest BCUT2D eigenvalue weighted by atomic mass is 16.3. The number of nitrogens with zero attached hydrogens (tertiary/aromatic N) is 1. The molecule has 0 aromatic rings. The van der Waals surface area contributed by atoms with Crippen LogP contribution in [-0.2, 0) is 0 Å². The molecule has 0 aromatic carbocycles. The number of amidine groups is 1. The fourth-order valence-electron chi connectivity index (χ4n) is 1.67. The van der Waals surface area contributed by atoms with Crippen LogP contribution in [0.25, 0.3) is 0 Å². The lowest BCUT2D eigenvalue weighted by molar-refractivity contribution is 0.133. The second kappa shape index (κ2) is 5.19. The molecule has 1 fully saturated rings. The Hall–Kier alpha value is -0.610. The van der Waals surface area contributed by atoms with Crippen LogP contribution in [-0.4, -0.2) is 42.1 Å². The van der Waals surface area contributed by atoms with Crippen LogP contribution in [0.15, 0.2) is 0 Å². The maximum absolute atomic E-state index is 8.92. The first-order valence-corrected chi connectivity index (χ1v) is 4.88. The summed E-state index contributed by atoms with van der Waals surface area (Å²) in [6.07, 6.45) is 2.83. The fourth-order valence-corrected chi connectivity index (χ4v) is 1.67. The van der Waals surface area contributed by atoms with Crippen molar-refractivity contribution in [1.82, 2.24) is 4.90 Å². The summed E-state index contributed by atoms with van der Waals surface area (Å²) in [5.41, 5.74) is 5.28. The molecule has 0 aromatic heterocycles. The second-order valence-corrected chi connectivity index (χ2v) is 3.74. The van der Waals surface area contributed by atoms with Crippen molar-refractivity contribution in [1.29, 1.82) is 5.41 Å². The molecule has 1 rings (SSSR count). The Morgan fingerprint density at radius 3 is 2.54 bits per heavy atom. The summed E-state index contributed by atoms with van der Waals surface area (Å²) in [5.74, 6) is 0.762. The highest BCUT2D eigenvalue weighted by molar-refractivity contribution is 5.76. The molecule has 1 saturated heterocycles. The number of hydrogen-bond acceptors (Lipinski definition) is 3. The molecule has 4 N–H and O–H groups in total. The van der Waals surface area contributed by atoms with Gasteiger partial charge in [-0.15, -0.1) is 0 Å². The molecule has 4 heteroatoms. The molecule has 1 aliphatic heterocycles. The summed E-state index contributed by atoms with van der Waals surface area (Å²) < 4.78 is 0. The predicted octanol–water partition coefficient (Wildman–Crippen LogP) is 0.0168. The number of likely N-dealkylation sites (tertiary alicyclic amines) is 1. The van der Waals surface area contributed by atoms with Gasteiger partial charge in [-0.2, -0.15) is 0 Å². The van der Waals surface area contributed by atoms with Crippen LogP contribution in [0.1, 0.15) is 19.3 Å². The van der Waals surface area contributed by atoms with Gasteiger partial charge in [0.1, 0.15) is 0 Å². The molecule has 0 unspecified atom stereocenters. The molecule has 0 saturated carbocycles. The molecule has 0 spiro atoms. The van der Waals surface area contributed by atoms with E-state index >= 15 is 0 Å². The van der Waals surface area contributed by atoms with E-state index in [0.717, 1.165) is 32.5 Å². The van der Waals surface area contributed by atoms with Gasteiger partial charge in [0.05, 0.1) is 5.84 Å². The molecule has 13 heavy (non-hydrogen) atoms. The van der Waals surface area contributed by atoms with Gasteiger partial charge in [-0.1, -0.05) is 0 Å². The van der Waals surface area contributed by atoms with Gasteiger partial charge >= 0.3 is 0 Å². The van der Waals surface area contributed by atoms with E-state index in [4.69, 9.17) is 16.2 Å². The van der Waals surface area contributed by atoms with Gasteiger partial charge in [-0.25, -0.2) is 0 Å². The van der Waals surface area contributed by atoms with Crippen LogP contribution in [0.5, 0.6) is 0 Å². The molecular formula is C9H19N3O. The van der Waals surface area contributed by atoms with Crippen LogP contribution in [0.4, 0.5) is 0 Å². The van der Waals surface area contributed by atoms with Gasteiger partial charge in [-0.3, -0.25) is 5.41 Å². The fraction of sp³-hybridized carbons (Fsp3) is 0.889. The first-order chi connectivity index (χ1) is 6.22. The maximum atomic E-state index is 8.92. The van der Waals surface area contributed by atoms with E-state index in [9.17, 15) is 0 Å². The Bertz CT molecular complexity index is 164. The molecule has 76 valence electrons. The third-order valence-electron chi connectivity index (χ3n) is 2.66. The summed E-state index contributed by atoms with van der Waals surface area (Å²) in [5, 5.41) is 16.0. The Morgan fingerprint density at radius 1 is 1.46 bits per heavy atom. The third-order valence-corrected chi connectivity index (χ3v) is 2.66. The van der Waals surface area contributed by atoms with Crippen molar-refractivity contribution < 1.29 is 5.11 Å². The molecule has 1 heterocycles. The van der Waals surface area contributed by atoms with Crippen molar-refractivity contribution in [3.05, 3.63) is 0 Å². The van der Waals surface area contributed by atoms with E-state index in [1.165, 1.54) is 0 Å². The van der Waals surface area contributed by atoms with Gasteiger partial charge in [0.15, 0.2) is 0 Å². The molecule has 0 atom stereocenters. The molecule has 0 bridgehead atoms. The highest BCUT2D eigenvalue weighted by Gasteiger charge is 2.17. The van der Waals surface area contributed by atoms with Gasteiger partial charge in [0.2, 0.25) is 0 Å². The number of hydrogen-bond donors (Lipinski definition) is 3. The minimum atomic E-state index is 0.268. The number of piperidine rings is 1. The van der Waals surface area contributed by atoms with E-state index in [0.29, 0.717) is 18.9 Å². The van der Waals surface area contributed by atoms with E-state index < -0.39 is 0 Å². The Balaban J connectivity index is 2.14. The zero-order chi connectivity index (χ0) is 9.68. The average Bonchev–Trinajstić information content (AvgIpc) is 2.15. The lowest BCUT2D eigenvalue weighted by Crippen LogP contribution is -2.36. The van der Waals surface area contributed by atoms with Gasteiger partial charge in [0.25, 0.3) is 0 Å². The number of aliphatic hydroxyl groups excluding tert-OH is 1. The van der Waals surface area contributed by atoms with Crippen LogP contribution >= 0.6 is 0 Å². The Labute approximate surface area is 79.2 Å². The smallest absolute Gasteiger partial charge is 0.0918 e. The van der Waals surface area contributed by atoms with Crippen molar-refractivity contribution in [2.75, 3.05) is 26.2 Å². The standard InChI is InChI=1S/C9H19N3O/c10-9(11)3-6-12-4-1-8(7-13)2-5-12/h8,13H,1-7H2,(H3,10,11). The first-order valence-electron chi connectivity index (χ1n) is 4.88. The van der Waals surface area contributed by atoms with E-state index in [1.807, 2.05) is 0 Å². The van der Waals surface area contributed by atoms with Gasteiger partial charge in [0, 0.05) is 19.6 Å². The normalized spacial score (nSPS) is 20.4. The van der Waals surface area contributed by atoms with Crippen LogP contribution < -0.4 is 5.73 Å². The largest absolute Gasteiger partial charge is 0.396 e. The molecule has 1 aliphatic rings. The summed E-state index contributed by atoms with van der Waals surface area (Å²) >= 11 is 0. The lowest BCUT2D eigenvalue weighted by Gasteiger charge is -2.30. The molecular weight excluding hydrogens is 166 g/mol. The van der Waals surface area contributed by atoms with Crippen LogP contribution in [0.2, 0.25) is 0 Å². The summed E-state index contributed by atoms with van der Waals surface area (Å²) in [7, 11) is 0. The van der Waals surface area contributed by atoms with Crippen molar-refractivity contribution in [3.63, 3.8) is 0 Å². The third kappa shape index (κ3) is 3.74. The monoisotopic (exact) mass is 185 g/mol. The molecule has 0 amide bonds. The zero-order valence-corrected chi connectivity index (χ0v) is 8.00. The number of aliphatic hydroxyl groups is 1. The Morgan fingerprint density at radius 2 is 2.08 bits per heavy atom. The van der Waals surface area contributed by atoms with E-state index in [1.54, 1.807) is 0 Å². The summed E-state index contributed by atoms with van der Waals surface area (Å²) in [6.45, 7) is 3.30. The number of rotatable bonds is 4. The Kier molecular flexibility index (Phi) is 4.18. The van der Waals surface area contributed by atoms with E-state index in [2.05, 4.69) is 4.90 Å². The van der Waals surface area contributed by atoms with Crippen LogP contribution in [0.3, 0.4) is 0 Å². The van der Waals surface area contributed by atoms with Crippen molar-refractivity contribution in [2.24, 2.45) is 11.7 Å². The summed E-state index contributed by atoms with van der Waals surface area (Å²) in [4.78, 5) is 2.31. The lowest BCUT2D eigenvalue weighted by atomic mass is 9.98. The van der Waals surface area contributed by atoms with Crippen LogP contribution in [0, 0.1) is 11.3 Å². The molecule has 0 aliphatic carbocycles. The molecule has 4 nitrogen and oxygen atoms in total. The minimum Gasteiger partial charge on any atom is -0.396 e. The predicted molar refractivity (Wildman–Crippen MR) is 52.8 cm³/mol. The van der Waals surface area contributed by atoms with Gasteiger partial charge < -0.3 is 15.7 Å². The maximum Gasteiger partial charge on any atom is 0.0918 e. The van der Waals surface area contributed by atoms with Gasteiger partial charge in [-0.05, 0) is 31.8 Å². The summed E-state index contributed by atoms with van der Waals surface area (Å²) in [6, 6.07) is 0. The first kappa shape index (κ1) is 10.5. The topological polar surface area (TPSA) is 73.3 Å². The highest BCUT2D eigenvalue weighted by Crippen LogP contribution is 2.15. The quantitative estimate of drug-likeness (QED) is 0.427.